The second kappa shape index (κ2) is 5.40. The number of halogens is 3. The molecule has 0 atom stereocenters. The van der Waals surface area contributed by atoms with E-state index in [0.717, 1.165) is 10.3 Å². The highest BCUT2D eigenvalue weighted by Crippen LogP contribution is 2.20. The minimum absolute atomic E-state index is 0.0370. The van der Waals surface area contributed by atoms with E-state index in [1.54, 1.807) is 24.3 Å². The minimum atomic E-state index is -4.37. The number of aliphatic hydroxyl groups is 1. The number of rotatable bonds is 4. The number of nitrogens with zero attached hydrogens (tertiary/aromatic N) is 3. The van der Waals surface area contributed by atoms with Crippen LogP contribution in [-0.2, 0) is 0 Å². The molecule has 19 heavy (non-hydrogen) atoms. The highest BCUT2D eigenvalue weighted by Gasteiger charge is 2.31. The fourth-order valence-corrected chi connectivity index (χ4v) is 1.70. The maximum atomic E-state index is 12.4. The zero-order valence-corrected chi connectivity index (χ0v) is 9.93. The molecule has 4 nitrogen and oxygen atoms in total. The second-order valence-electron chi connectivity index (χ2n) is 3.99. The predicted octanol–water partition coefficient (Wildman–Crippen LogP) is 1.99. The molecule has 0 amide bonds. The number of alkyl halides is 3. The van der Waals surface area contributed by atoms with Crippen LogP contribution in [0.15, 0.2) is 30.5 Å². The first-order chi connectivity index (χ1) is 8.99. The Morgan fingerprint density at radius 3 is 2.63 bits per heavy atom. The van der Waals surface area contributed by atoms with Crippen molar-refractivity contribution in [3.05, 3.63) is 30.5 Å². The van der Waals surface area contributed by atoms with E-state index in [4.69, 9.17) is 5.11 Å². The van der Waals surface area contributed by atoms with Gasteiger partial charge in [0.25, 0.3) is 0 Å². The van der Waals surface area contributed by atoms with Crippen LogP contribution in [-0.4, -0.2) is 40.9 Å². The molecule has 1 N–H and O–H groups in total. The molecular formula is C12H12F3N3O. The number of aromatic nitrogens is 2. The van der Waals surface area contributed by atoms with Gasteiger partial charge in [-0.25, -0.2) is 9.97 Å². The summed E-state index contributed by atoms with van der Waals surface area (Å²) in [7, 11) is 0. The molecule has 2 rings (SSSR count). The van der Waals surface area contributed by atoms with Crippen LogP contribution in [0.1, 0.15) is 0 Å². The Morgan fingerprint density at radius 1 is 1.21 bits per heavy atom. The van der Waals surface area contributed by atoms with Crippen LogP contribution in [0.4, 0.5) is 19.1 Å². The third kappa shape index (κ3) is 3.54. The lowest BCUT2D eigenvalue weighted by molar-refractivity contribution is -0.120. The van der Waals surface area contributed by atoms with Crippen molar-refractivity contribution < 1.29 is 18.3 Å². The van der Waals surface area contributed by atoms with Crippen LogP contribution in [0, 0.1) is 0 Å². The topological polar surface area (TPSA) is 49.2 Å². The summed E-state index contributed by atoms with van der Waals surface area (Å²) in [5.41, 5.74) is 0.567. The van der Waals surface area contributed by atoms with E-state index >= 15 is 0 Å². The van der Waals surface area contributed by atoms with Crippen LogP contribution in [0.25, 0.3) is 10.9 Å². The van der Waals surface area contributed by atoms with Gasteiger partial charge in [-0.05, 0) is 6.07 Å². The maximum absolute atomic E-state index is 12.4. The molecule has 102 valence electrons. The van der Waals surface area contributed by atoms with Gasteiger partial charge in [-0.1, -0.05) is 18.2 Å². The molecule has 1 aromatic heterocycles. The van der Waals surface area contributed by atoms with Gasteiger partial charge in [0.2, 0.25) is 5.95 Å². The average Bonchev–Trinajstić information content (AvgIpc) is 2.36. The predicted molar refractivity (Wildman–Crippen MR) is 64.9 cm³/mol. The van der Waals surface area contributed by atoms with Gasteiger partial charge < -0.3 is 10.0 Å². The molecule has 0 spiro atoms. The van der Waals surface area contributed by atoms with Gasteiger partial charge >= 0.3 is 6.18 Å². The van der Waals surface area contributed by atoms with Crippen LogP contribution in [0.3, 0.4) is 0 Å². The molecule has 2 aromatic rings. The number of hydrogen-bond donors (Lipinski definition) is 1. The van der Waals surface area contributed by atoms with Gasteiger partial charge in [-0.15, -0.1) is 0 Å². The summed E-state index contributed by atoms with van der Waals surface area (Å²) in [6.07, 6.45) is -2.90. The first-order valence-corrected chi connectivity index (χ1v) is 5.64. The van der Waals surface area contributed by atoms with E-state index in [0.29, 0.717) is 5.52 Å². The van der Waals surface area contributed by atoms with E-state index in [9.17, 15) is 13.2 Å². The quantitative estimate of drug-likeness (QED) is 0.924. The summed E-state index contributed by atoms with van der Waals surface area (Å²) in [6, 6.07) is 7.02. The molecule has 0 aliphatic carbocycles. The molecule has 0 saturated heterocycles. The molecule has 1 heterocycles. The van der Waals surface area contributed by atoms with Crippen molar-refractivity contribution in [2.45, 2.75) is 6.18 Å². The number of benzene rings is 1. The highest BCUT2D eigenvalue weighted by atomic mass is 19.4. The van der Waals surface area contributed by atoms with Crippen LogP contribution >= 0.6 is 0 Å². The van der Waals surface area contributed by atoms with Gasteiger partial charge in [0.05, 0.1) is 12.1 Å². The van der Waals surface area contributed by atoms with Gasteiger partial charge in [-0.2, -0.15) is 13.2 Å². The first-order valence-electron chi connectivity index (χ1n) is 5.64. The van der Waals surface area contributed by atoms with Gasteiger partial charge in [0, 0.05) is 18.1 Å². The van der Waals surface area contributed by atoms with Crippen LogP contribution < -0.4 is 4.90 Å². The number of hydrogen-bond acceptors (Lipinski definition) is 4. The van der Waals surface area contributed by atoms with Crippen molar-refractivity contribution in [2.24, 2.45) is 0 Å². The van der Waals surface area contributed by atoms with Crippen molar-refractivity contribution in [3.8, 4) is 0 Å². The summed E-state index contributed by atoms with van der Waals surface area (Å²) in [5, 5.41) is 9.60. The summed E-state index contributed by atoms with van der Waals surface area (Å²) in [4.78, 5) is 8.90. The van der Waals surface area contributed by atoms with Gasteiger partial charge in [0.1, 0.15) is 6.54 Å². The smallest absolute Gasteiger partial charge is 0.395 e. The Bertz CT molecular complexity index is 559. The summed E-state index contributed by atoms with van der Waals surface area (Å²) in [6.45, 7) is -1.75. The van der Waals surface area contributed by atoms with E-state index in [1.165, 1.54) is 6.20 Å². The SMILES string of the molecule is OCCN(CC(F)(F)F)c1ncc2ccccc2n1. The lowest BCUT2D eigenvalue weighted by Crippen LogP contribution is -2.37. The summed E-state index contributed by atoms with van der Waals surface area (Å²) >= 11 is 0. The molecule has 0 radical (unpaired) electrons. The minimum Gasteiger partial charge on any atom is -0.395 e. The van der Waals surface area contributed by atoms with Crippen molar-refractivity contribution >= 4 is 16.9 Å². The fraction of sp³-hybridized carbons (Fsp3) is 0.333. The summed E-state index contributed by atoms with van der Waals surface area (Å²) < 4.78 is 37.3. The summed E-state index contributed by atoms with van der Waals surface area (Å²) in [5.74, 6) is -0.0370. The lowest BCUT2D eigenvalue weighted by Gasteiger charge is -2.22. The standard InChI is InChI=1S/C12H12F3N3O/c13-12(14,15)8-18(5-6-19)11-16-7-9-3-1-2-4-10(9)17-11/h1-4,7,19H,5-6,8H2. The average molecular weight is 271 g/mol. The Balaban J connectivity index is 2.33. The van der Waals surface area contributed by atoms with Crippen molar-refractivity contribution in [2.75, 3.05) is 24.6 Å². The number of aliphatic hydroxyl groups excluding tert-OH is 1. The fourth-order valence-electron chi connectivity index (χ4n) is 1.70. The van der Waals surface area contributed by atoms with Crippen molar-refractivity contribution in [1.82, 2.24) is 9.97 Å². The molecular weight excluding hydrogens is 259 g/mol. The molecule has 0 aliphatic heterocycles. The molecule has 0 unspecified atom stereocenters. The Kier molecular flexibility index (Phi) is 3.84. The van der Waals surface area contributed by atoms with Crippen molar-refractivity contribution in [1.29, 1.82) is 0 Å². The molecule has 1 aromatic carbocycles. The monoisotopic (exact) mass is 271 g/mol. The van der Waals surface area contributed by atoms with Crippen LogP contribution in [0.5, 0.6) is 0 Å². The number of anilines is 1. The van der Waals surface area contributed by atoms with E-state index in [2.05, 4.69) is 9.97 Å². The Labute approximate surface area is 107 Å². The van der Waals surface area contributed by atoms with Gasteiger partial charge in [0.15, 0.2) is 0 Å². The molecule has 7 heteroatoms. The number of para-hydroxylation sites is 1. The van der Waals surface area contributed by atoms with E-state index in [-0.39, 0.29) is 12.5 Å². The first kappa shape index (κ1) is 13.5. The molecule has 0 bridgehead atoms. The van der Waals surface area contributed by atoms with E-state index in [1.807, 2.05) is 0 Å². The van der Waals surface area contributed by atoms with Crippen LogP contribution in [0.2, 0.25) is 0 Å². The lowest BCUT2D eigenvalue weighted by atomic mass is 10.2. The molecule has 0 fully saturated rings. The zero-order valence-electron chi connectivity index (χ0n) is 9.93. The van der Waals surface area contributed by atoms with E-state index < -0.39 is 19.3 Å². The normalized spacial score (nSPS) is 11.8. The second-order valence-corrected chi connectivity index (χ2v) is 3.99. The van der Waals surface area contributed by atoms with Crippen molar-refractivity contribution in [3.63, 3.8) is 0 Å². The largest absolute Gasteiger partial charge is 0.406 e. The highest BCUT2D eigenvalue weighted by molar-refractivity contribution is 5.78. The zero-order chi connectivity index (χ0) is 13.9. The third-order valence-corrected chi connectivity index (χ3v) is 2.50. The molecule has 0 saturated carbocycles. The Morgan fingerprint density at radius 2 is 1.95 bits per heavy atom. The molecule has 0 aliphatic rings. The Hall–Kier alpha value is -1.89. The number of fused-ring (bicyclic) bond motifs is 1. The van der Waals surface area contributed by atoms with Gasteiger partial charge in [-0.3, -0.25) is 0 Å². The maximum Gasteiger partial charge on any atom is 0.406 e. The third-order valence-electron chi connectivity index (χ3n) is 2.50.